The Labute approximate surface area is 178 Å². The van der Waals surface area contributed by atoms with Crippen molar-refractivity contribution >= 4 is 29.9 Å². The van der Waals surface area contributed by atoms with Gasteiger partial charge in [-0.2, -0.15) is 5.10 Å². The van der Waals surface area contributed by atoms with Gasteiger partial charge in [0.15, 0.2) is 5.96 Å². The van der Waals surface area contributed by atoms with Crippen molar-refractivity contribution in [2.75, 3.05) is 34.9 Å². The number of rotatable bonds is 8. The van der Waals surface area contributed by atoms with E-state index in [9.17, 15) is 0 Å². The van der Waals surface area contributed by atoms with Crippen LogP contribution in [0.4, 0.5) is 0 Å². The molecule has 7 nitrogen and oxygen atoms in total. The van der Waals surface area contributed by atoms with Crippen molar-refractivity contribution in [3.8, 4) is 11.5 Å². The van der Waals surface area contributed by atoms with Gasteiger partial charge in [-0.25, -0.2) is 0 Å². The lowest BCUT2D eigenvalue weighted by Crippen LogP contribution is -2.40. The van der Waals surface area contributed by atoms with Crippen molar-refractivity contribution in [2.24, 2.45) is 10.9 Å². The van der Waals surface area contributed by atoms with Crippen molar-refractivity contribution in [1.29, 1.82) is 0 Å². The standard InChI is InChI=1S/C19H29N5O2.HI/c1-15(13-24-10-6-9-22-24)12-21-19(20-2)23(3)14-16-7-8-17(25-4)11-18(16)26-5;/h6-11,15H,12-14H2,1-5H3,(H,20,21);1H. The number of hydrogen-bond acceptors (Lipinski definition) is 4. The molecule has 1 heterocycles. The van der Waals surface area contributed by atoms with Crippen molar-refractivity contribution in [3.63, 3.8) is 0 Å². The smallest absolute Gasteiger partial charge is 0.193 e. The number of aliphatic imine (C=N–C) groups is 1. The molecule has 27 heavy (non-hydrogen) atoms. The van der Waals surface area contributed by atoms with Gasteiger partial charge in [0.2, 0.25) is 0 Å². The number of hydrogen-bond donors (Lipinski definition) is 1. The number of aromatic nitrogens is 2. The van der Waals surface area contributed by atoms with Crippen LogP contribution in [0.5, 0.6) is 11.5 Å². The van der Waals surface area contributed by atoms with Crippen LogP contribution in [0.25, 0.3) is 0 Å². The van der Waals surface area contributed by atoms with E-state index in [1.807, 2.05) is 42.2 Å². The van der Waals surface area contributed by atoms with Gasteiger partial charge in [0.1, 0.15) is 11.5 Å². The molecule has 0 radical (unpaired) electrons. The van der Waals surface area contributed by atoms with Crippen LogP contribution in [0.2, 0.25) is 0 Å². The fraction of sp³-hybridized carbons (Fsp3) is 0.474. The monoisotopic (exact) mass is 487 g/mol. The van der Waals surface area contributed by atoms with E-state index in [1.165, 1.54) is 0 Å². The van der Waals surface area contributed by atoms with Crippen LogP contribution in [0, 0.1) is 5.92 Å². The number of nitrogens with one attached hydrogen (secondary N) is 1. The third-order valence-electron chi connectivity index (χ3n) is 4.14. The molecule has 0 aliphatic rings. The fourth-order valence-corrected chi connectivity index (χ4v) is 2.76. The third-order valence-corrected chi connectivity index (χ3v) is 4.14. The van der Waals surface area contributed by atoms with Gasteiger partial charge in [0, 0.05) is 57.8 Å². The van der Waals surface area contributed by atoms with Crippen molar-refractivity contribution in [1.82, 2.24) is 20.0 Å². The Bertz CT molecular complexity index is 706. The van der Waals surface area contributed by atoms with E-state index >= 15 is 0 Å². The molecule has 0 bridgehead atoms. The second-order valence-corrected chi connectivity index (χ2v) is 6.30. The van der Waals surface area contributed by atoms with Gasteiger partial charge < -0.3 is 19.7 Å². The van der Waals surface area contributed by atoms with Crippen LogP contribution in [0.15, 0.2) is 41.7 Å². The molecule has 8 heteroatoms. The summed E-state index contributed by atoms with van der Waals surface area (Å²) in [6.07, 6.45) is 3.78. The summed E-state index contributed by atoms with van der Waals surface area (Å²) in [5.41, 5.74) is 1.07. The molecule has 150 valence electrons. The molecular formula is C19H30IN5O2. The lowest BCUT2D eigenvalue weighted by molar-refractivity contribution is 0.381. The van der Waals surface area contributed by atoms with E-state index in [0.29, 0.717) is 12.5 Å². The molecule has 0 aliphatic carbocycles. The zero-order chi connectivity index (χ0) is 18.9. The first-order valence-electron chi connectivity index (χ1n) is 8.67. The molecule has 0 saturated heterocycles. The molecule has 0 amide bonds. The first-order valence-corrected chi connectivity index (χ1v) is 8.67. The van der Waals surface area contributed by atoms with Crippen molar-refractivity contribution < 1.29 is 9.47 Å². The zero-order valence-corrected chi connectivity index (χ0v) is 19.0. The Morgan fingerprint density at radius 3 is 2.70 bits per heavy atom. The highest BCUT2D eigenvalue weighted by molar-refractivity contribution is 14.0. The normalized spacial score (nSPS) is 12.1. The van der Waals surface area contributed by atoms with Crippen LogP contribution in [0.3, 0.4) is 0 Å². The Hall–Kier alpha value is -1.97. The number of guanidine groups is 1. The van der Waals surface area contributed by atoms with E-state index in [1.54, 1.807) is 27.5 Å². The summed E-state index contributed by atoms with van der Waals surface area (Å²) in [4.78, 5) is 6.46. The molecule has 1 N–H and O–H groups in total. The lowest BCUT2D eigenvalue weighted by atomic mass is 10.1. The molecule has 2 aromatic rings. The molecular weight excluding hydrogens is 457 g/mol. The predicted octanol–water partition coefficient (Wildman–Crippen LogP) is 2.86. The van der Waals surface area contributed by atoms with E-state index in [2.05, 4.69) is 27.2 Å². The average molecular weight is 487 g/mol. The Balaban J connectivity index is 0.00000364. The molecule has 1 unspecified atom stereocenters. The minimum Gasteiger partial charge on any atom is -0.497 e. The molecule has 0 aliphatic heterocycles. The highest BCUT2D eigenvalue weighted by Gasteiger charge is 2.12. The topological polar surface area (TPSA) is 63.9 Å². The number of benzene rings is 1. The predicted molar refractivity (Wildman–Crippen MR) is 119 cm³/mol. The molecule has 1 aromatic heterocycles. The summed E-state index contributed by atoms with van der Waals surface area (Å²) in [6.45, 7) is 4.55. The number of nitrogens with zero attached hydrogens (tertiary/aromatic N) is 4. The van der Waals surface area contributed by atoms with Crippen LogP contribution >= 0.6 is 24.0 Å². The van der Waals surface area contributed by atoms with Crippen molar-refractivity contribution in [3.05, 3.63) is 42.2 Å². The van der Waals surface area contributed by atoms with E-state index in [4.69, 9.17) is 9.47 Å². The van der Waals surface area contributed by atoms with E-state index < -0.39 is 0 Å². The minimum atomic E-state index is 0. The van der Waals surface area contributed by atoms with Crippen LogP contribution in [0.1, 0.15) is 12.5 Å². The summed E-state index contributed by atoms with van der Waals surface area (Å²) >= 11 is 0. The second kappa shape index (κ2) is 11.7. The molecule has 1 atom stereocenters. The van der Waals surface area contributed by atoms with Crippen LogP contribution in [-0.4, -0.2) is 55.5 Å². The van der Waals surface area contributed by atoms with Gasteiger partial charge in [-0.3, -0.25) is 9.67 Å². The van der Waals surface area contributed by atoms with Gasteiger partial charge >= 0.3 is 0 Å². The second-order valence-electron chi connectivity index (χ2n) is 6.30. The highest BCUT2D eigenvalue weighted by atomic mass is 127. The van der Waals surface area contributed by atoms with Crippen molar-refractivity contribution in [2.45, 2.75) is 20.0 Å². The Morgan fingerprint density at radius 2 is 2.11 bits per heavy atom. The maximum Gasteiger partial charge on any atom is 0.193 e. The maximum atomic E-state index is 5.48. The van der Waals surface area contributed by atoms with Crippen LogP contribution < -0.4 is 14.8 Å². The summed E-state index contributed by atoms with van der Waals surface area (Å²) in [5.74, 6) is 2.85. The largest absolute Gasteiger partial charge is 0.497 e. The molecule has 0 spiro atoms. The first-order chi connectivity index (χ1) is 12.6. The average Bonchev–Trinajstić information content (AvgIpc) is 3.15. The molecule has 2 rings (SSSR count). The number of halogens is 1. The summed E-state index contributed by atoms with van der Waals surface area (Å²) in [6, 6.07) is 7.79. The quantitative estimate of drug-likeness (QED) is 0.353. The van der Waals surface area contributed by atoms with E-state index in [0.717, 1.165) is 36.1 Å². The minimum absolute atomic E-state index is 0. The SMILES string of the molecule is CN=C(NCC(C)Cn1cccn1)N(C)Cc1ccc(OC)cc1OC.I. The maximum absolute atomic E-state index is 5.48. The lowest BCUT2D eigenvalue weighted by Gasteiger charge is -2.24. The highest BCUT2D eigenvalue weighted by Crippen LogP contribution is 2.25. The Kier molecular flexibility index (Phi) is 9.98. The molecule has 0 saturated carbocycles. The fourth-order valence-electron chi connectivity index (χ4n) is 2.76. The zero-order valence-electron chi connectivity index (χ0n) is 16.7. The summed E-state index contributed by atoms with van der Waals surface area (Å²) in [5, 5.41) is 7.68. The third kappa shape index (κ3) is 6.93. The van der Waals surface area contributed by atoms with Crippen LogP contribution in [-0.2, 0) is 13.1 Å². The van der Waals surface area contributed by atoms with E-state index in [-0.39, 0.29) is 24.0 Å². The first kappa shape index (κ1) is 23.1. The summed E-state index contributed by atoms with van der Waals surface area (Å²) in [7, 11) is 7.12. The Morgan fingerprint density at radius 1 is 1.33 bits per heavy atom. The van der Waals surface area contributed by atoms with Gasteiger partial charge in [0.05, 0.1) is 14.2 Å². The number of ether oxygens (including phenoxy) is 2. The number of methoxy groups -OCH3 is 2. The molecule has 0 fully saturated rings. The summed E-state index contributed by atoms with van der Waals surface area (Å²) < 4.78 is 12.7. The van der Waals surface area contributed by atoms with Gasteiger partial charge in [-0.15, -0.1) is 24.0 Å². The van der Waals surface area contributed by atoms with Gasteiger partial charge in [-0.1, -0.05) is 6.92 Å². The van der Waals surface area contributed by atoms with Gasteiger partial charge in [0.25, 0.3) is 0 Å². The van der Waals surface area contributed by atoms with Gasteiger partial charge in [-0.05, 0) is 24.1 Å². The molecule has 1 aromatic carbocycles.